The van der Waals surface area contributed by atoms with Crippen LogP contribution in [0.25, 0.3) is 6.08 Å². The molecule has 0 radical (unpaired) electrons. The molecule has 0 saturated carbocycles. The molecule has 0 aliphatic carbocycles. The first-order valence-corrected chi connectivity index (χ1v) is 7.73. The summed E-state index contributed by atoms with van der Waals surface area (Å²) < 4.78 is 0. The van der Waals surface area contributed by atoms with Crippen molar-refractivity contribution >= 4 is 12.0 Å². The maximum absolute atomic E-state index is 12.4. The summed E-state index contributed by atoms with van der Waals surface area (Å²) in [6.45, 7) is 7.54. The highest BCUT2D eigenvalue weighted by molar-refractivity contribution is 5.94. The van der Waals surface area contributed by atoms with Crippen LogP contribution < -0.4 is 0 Å². The number of hydrogen-bond donors (Lipinski definition) is 0. The lowest BCUT2D eigenvalue weighted by molar-refractivity contribution is 0.0501. The quantitative estimate of drug-likeness (QED) is 0.835. The summed E-state index contributed by atoms with van der Waals surface area (Å²) in [6.07, 6.45) is 2.84. The summed E-state index contributed by atoms with van der Waals surface area (Å²) in [6, 6.07) is 16.3. The summed E-state index contributed by atoms with van der Waals surface area (Å²) in [5.74, 6) is 0.717. The Hall–Kier alpha value is -2.35. The predicted octanol–water partition coefficient (Wildman–Crippen LogP) is 3.95. The molecule has 1 fully saturated rings. The predicted molar refractivity (Wildman–Crippen MR) is 90.8 cm³/mol. The maximum atomic E-state index is 12.4. The minimum atomic E-state index is 0.135. The van der Waals surface area contributed by atoms with Gasteiger partial charge < -0.3 is 4.90 Å². The molecule has 3 rings (SSSR count). The van der Waals surface area contributed by atoms with E-state index in [0.717, 1.165) is 30.6 Å². The third-order valence-corrected chi connectivity index (χ3v) is 4.28. The van der Waals surface area contributed by atoms with Crippen molar-refractivity contribution in [1.29, 1.82) is 0 Å². The number of benzene rings is 2. The molecule has 1 amide bonds. The lowest BCUT2D eigenvalue weighted by Crippen LogP contribution is -2.50. The second kappa shape index (κ2) is 6.18. The number of aryl methyl sites for hydroxylation is 1. The molecule has 0 atom stereocenters. The van der Waals surface area contributed by atoms with E-state index in [4.69, 9.17) is 0 Å². The van der Waals surface area contributed by atoms with Crippen LogP contribution in [0.15, 0.2) is 55.1 Å². The second-order valence-corrected chi connectivity index (χ2v) is 6.09. The molecule has 0 N–H and O–H groups in total. The van der Waals surface area contributed by atoms with Gasteiger partial charge >= 0.3 is 0 Å². The van der Waals surface area contributed by atoms with Crippen LogP contribution in [-0.2, 0) is 6.42 Å². The Kier molecular flexibility index (Phi) is 4.10. The number of rotatable bonds is 4. The van der Waals surface area contributed by atoms with Gasteiger partial charge in [-0.1, -0.05) is 54.6 Å². The molecule has 0 bridgehead atoms. The third kappa shape index (κ3) is 3.11. The summed E-state index contributed by atoms with van der Waals surface area (Å²) in [4.78, 5) is 14.3. The number of hydrogen-bond acceptors (Lipinski definition) is 1. The van der Waals surface area contributed by atoms with E-state index in [1.807, 2.05) is 29.2 Å². The fraction of sp³-hybridized carbons (Fsp3) is 0.250. The first-order valence-electron chi connectivity index (χ1n) is 7.73. The Morgan fingerprint density at radius 3 is 2.36 bits per heavy atom. The molecule has 0 spiro atoms. The van der Waals surface area contributed by atoms with Crippen molar-refractivity contribution in [3.63, 3.8) is 0 Å². The van der Waals surface area contributed by atoms with Crippen LogP contribution in [0.4, 0.5) is 0 Å². The summed E-state index contributed by atoms with van der Waals surface area (Å²) in [7, 11) is 0. The monoisotopic (exact) mass is 291 g/mol. The van der Waals surface area contributed by atoms with Crippen LogP contribution in [0.3, 0.4) is 0 Å². The first kappa shape index (κ1) is 14.6. The van der Waals surface area contributed by atoms with E-state index in [9.17, 15) is 4.79 Å². The molecule has 1 aliphatic heterocycles. The molecule has 0 unspecified atom stereocenters. The fourth-order valence-corrected chi connectivity index (χ4v) is 2.87. The van der Waals surface area contributed by atoms with Gasteiger partial charge in [0.1, 0.15) is 0 Å². The zero-order valence-electron chi connectivity index (χ0n) is 13.0. The van der Waals surface area contributed by atoms with E-state index >= 15 is 0 Å². The van der Waals surface area contributed by atoms with Gasteiger partial charge in [-0.05, 0) is 42.5 Å². The van der Waals surface area contributed by atoms with Crippen molar-refractivity contribution < 1.29 is 4.79 Å². The molecule has 112 valence electrons. The Bertz CT molecular complexity index is 664. The molecule has 22 heavy (non-hydrogen) atoms. The number of amides is 1. The highest BCUT2D eigenvalue weighted by Gasteiger charge is 2.30. The number of nitrogens with zero attached hydrogens (tertiary/aromatic N) is 1. The zero-order valence-corrected chi connectivity index (χ0v) is 13.0. The van der Waals surface area contributed by atoms with Gasteiger partial charge in [0, 0.05) is 18.7 Å². The standard InChI is InChI=1S/C20H21NO/c1-3-16-8-10-19(11-9-16)20(22)21-13-18(14-21)12-17-6-4-15(2)5-7-17/h3-11,18H,1,12-14H2,2H3. The SMILES string of the molecule is C=Cc1ccc(C(=O)N2CC(Cc3ccc(C)cc3)C2)cc1. The number of carbonyl (C=O) groups is 1. The van der Waals surface area contributed by atoms with Crippen molar-refractivity contribution in [1.82, 2.24) is 4.90 Å². The first-order chi connectivity index (χ1) is 10.7. The lowest BCUT2D eigenvalue weighted by atomic mass is 9.91. The van der Waals surface area contributed by atoms with Crippen molar-refractivity contribution in [3.05, 3.63) is 77.4 Å². The minimum Gasteiger partial charge on any atom is -0.338 e. The van der Waals surface area contributed by atoms with Gasteiger partial charge in [0.25, 0.3) is 5.91 Å². The smallest absolute Gasteiger partial charge is 0.253 e. The van der Waals surface area contributed by atoms with Crippen LogP contribution in [0, 0.1) is 12.8 Å². The van der Waals surface area contributed by atoms with Gasteiger partial charge in [-0.2, -0.15) is 0 Å². The summed E-state index contributed by atoms with van der Waals surface area (Å²) >= 11 is 0. The summed E-state index contributed by atoms with van der Waals surface area (Å²) in [5, 5.41) is 0. The Morgan fingerprint density at radius 1 is 1.14 bits per heavy atom. The molecule has 1 aliphatic rings. The van der Waals surface area contributed by atoms with E-state index in [0.29, 0.717) is 5.92 Å². The molecular weight excluding hydrogens is 270 g/mol. The topological polar surface area (TPSA) is 20.3 Å². The number of carbonyl (C=O) groups excluding carboxylic acids is 1. The Labute approximate surface area is 132 Å². The third-order valence-electron chi connectivity index (χ3n) is 4.28. The van der Waals surface area contributed by atoms with Crippen molar-refractivity contribution in [2.75, 3.05) is 13.1 Å². The highest BCUT2D eigenvalue weighted by atomic mass is 16.2. The Balaban J connectivity index is 1.54. The van der Waals surface area contributed by atoms with Crippen LogP contribution >= 0.6 is 0 Å². The largest absolute Gasteiger partial charge is 0.338 e. The molecule has 2 heteroatoms. The molecule has 1 heterocycles. The zero-order chi connectivity index (χ0) is 15.5. The lowest BCUT2D eigenvalue weighted by Gasteiger charge is -2.39. The van der Waals surface area contributed by atoms with E-state index in [-0.39, 0.29) is 5.91 Å². The fourth-order valence-electron chi connectivity index (χ4n) is 2.87. The molecular formula is C20H21NO. The van der Waals surface area contributed by atoms with Crippen LogP contribution in [0.5, 0.6) is 0 Å². The number of likely N-dealkylation sites (tertiary alicyclic amines) is 1. The minimum absolute atomic E-state index is 0.135. The highest BCUT2D eigenvalue weighted by Crippen LogP contribution is 2.23. The van der Waals surface area contributed by atoms with Gasteiger partial charge in [0.2, 0.25) is 0 Å². The van der Waals surface area contributed by atoms with Crippen molar-refractivity contribution in [2.24, 2.45) is 5.92 Å². The van der Waals surface area contributed by atoms with Gasteiger partial charge in [-0.15, -0.1) is 0 Å². The average Bonchev–Trinajstić information content (AvgIpc) is 2.52. The molecule has 2 aromatic carbocycles. The van der Waals surface area contributed by atoms with Gasteiger partial charge in [-0.25, -0.2) is 0 Å². The van der Waals surface area contributed by atoms with Crippen LogP contribution in [0.2, 0.25) is 0 Å². The Morgan fingerprint density at radius 2 is 1.77 bits per heavy atom. The van der Waals surface area contributed by atoms with E-state index in [1.54, 1.807) is 6.08 Å². The average molecular weight is 291 g/mol. The molecule has 0 aromatic heterocycles. The van der Waals surface area contributed by atoms with E-state index < -0.39 is 0 Å². The van der Waals surface area contributed by atoms with Crippen molar-refractivity contribution in [3.8, 4) is 0 Å². The van der Waals surface area contributed by atoms with Crippen molar-refractivity contribution in [2.45, 2.75) is 13.3 Å². The molecule has 2 nitrogen and oxygen atoms in total. The van der Waals surface area contributed by atoms with Crippen LogP contribution in [-0.4, -0.2) is 23.9 Å². The summed E-state index contributed by atoms with van der Waals surface area (Å²) in [5.41, 5.74) is 4.45. The van der Waals surface area contributed by atoms with E-state index in [1.165, 1.54) is 11.1 Å². The van der Waals surface area contributed by atoms with E-state index in [2.05, 4.69) is 37.8 Å². The van der Waals surface area contributed by atoms with Gasteiger partial charge in [-0.3, -0.25) is 4.79 Å². The molecule has 1 saturated heterocycles. The van der Waals surface area contributed by atoms with Gasteiger partial charge in [0.15, 0.2) is 0 Å². The normalized spacial score (nSPS) is 14.5. The van der Waals surface area contributed by atoms with Gasteiger partial charge in [0.05, 0.1) is 0 Å². The maximum Gasteiger partial charge on any atom is 0.253 e. The molecule has 2 aromatic rings. The van der Waals surface area contributed by atoms with Crippen LogP contribution in [0.1, 0.15) is 27.0 Å². The second-order valence-electron chi connectivity index (χ2n) is 6.09.